The molecule has 132 valence electrons. The molecule has 1 atom stereocenters. The fraction of sp³-hybridized carbons (Fsp3) is 0.105. The third-order valence-electron chi connectivity index (χ3n) is 3.70. The van der Waals surface area contributed by atoms with Crippen LogP contribution in [0, 0.1) is 0 Å². The van der Waals surface area contributed by atoms with Gasteiger partial charge in [0.25, 0.3) is 0 Å². The second-order valence-corrected chi connectivity index (χ2v) is 6.94. The van der Waals surface area contributed by atoms with Crippen molar-refractivity contribution in [3.63, 3.8) is 0 Å². The molecule has 1 heterocycles. The summed E-state index contributed by atoms with van der Waals surface area (Å²) in [5.74, 6) is -0.457. The highest BCUT2D eigenvalue weighted by Gasteiger charge is 2.20. The van der Waals surface area contributed by atoms with E-state index in [1.54, 1.807) is 6.92 Å². The van der Waals surface area contributed by atoms with Gasteiger partial charge >= 0.3 is 6.03 Å². The van der Waals surface area contributed by atoms with Gasteiger partial charge in [-0.1, -0.05) is 72.4 Å². The Morgan fingerprint density at radius 2 is 1.62 bits per heavy atom. The zero-order chi connectivity index (χ0) is 18.5. The molecule has 2 aromatic carbocycles. The Hall–Kier alpha value is -3.06. The first-order valence-electron chi connectivity index (χ1n) is 8.02. The third-order valence-corrected chi connectivity index (χ3v) is 4.68. The first kappa shape index (κ1) is 17.8. The van der Waals surface area contributed by atoms with Crippen LogP contribution in [0.2, 0.25) is 0 Å². The molecular weight excluding hydrogens is 348 g/mol. The van der Waals surface area contributed by atoms with Crippen molar-refractivity contribution < 1.29 is 9.59 Å². The summed E-state index contributed by atoms with van der Waals surface area (Å²) in [7, 11) is 0. The summed E-state index contributed by atoms with van der Waals surface area (Å²) >= 11 is 1.23. The molecule has 0 aliphatic carbocycles. The van der Waals surface area contributed by atoms with Crippen LogP contribution in [0.1, 0.15) is 6.92 Å². The lowest BCUT2D eigenvalue weighted by molar-refractivity contribution is -0.119. The summed E-state index contributed by atoms with van der Waals surface area (Å²) in [6.45, 7) is 1.69. The lowest BCUT2D eigenvalue weighted by Crippen LogP contribution is -2.39. The highest BCUT2D eigenvalue weighted by Crippen LogP contribution is 2.33. The molecule has 0 saturated heterocycles. The van der Waals surface area contributed by atoms with Crippen molar-refractivity contribution in [3.8, 4) is 22.5 Å². The summed E-state index contributed by atoms with van der Waals surface area (Å²) in [4.78, 5) is 30.7. The normalized spacial score (nSPS) is 11.7. The van der Waals surface area contributed by atoms with Crippen molar-refractivity contribution in [3.05, 3.63) is 60.7 Å². The highest BCUT2D eigenvalue weighted by atomic mass is 32.2. The Morgan fingerprint density at radius 3 is 2.19 bits per heavy atom. The summed E-state index contributed by atoms with van der Waals surface area (Å²) in [6.07, 6.45) is 0. The molecule has 0 spiro atoms. The van der Waals surface area contributed by atoms with Gasteiger partial charge in [0.05, 0.1) is 16.6 Å². The van der Waals surface area contributed by atoms with E-state index in [1.807, 2.05) is 60.7 Å². The van der Waals surface area contributed by atoms with Crippen LogP contribution in [0.25, 0.3) is 22.5 Å². The number of hydrogen-bond acceptors (Lipinski definition) is 4. The monoisotopic (exact) mass is 366 g/mol. The smallest absolute Gasteiger partial charge is 0.318 e. The number of carbonyl (C=O) groups is 2. The summed E-state index contributed by atoms with van der Waals surface area (Å²) in [5, 5.41) is 2.15. The summed E-state index contributed by atoms with van der Waals surface area (Å²) < 4.78 is 0. The lowest BCUT2D eigenvalue weighted by atomic mass is 10.1. The number of hydrogen-bond donors (Lipinski definition) is 3. The van der Waals surface area contributed by atoms with Gasteiger partial charge in [-0.25, -0.2) is 9.78 Å². The minimum absolute atomic E-state index is 0.457. The first-order valence-corrected chi connectivity index (χ1v) is 8.90. The summed E-state index contributed by atoms with van der Waals surface area (Å²) in [5.41, 5.74) is 8.66. The molecule has 1 aromatic heterocycles. The quantitative estimate of drug-likeness (QED) is 0.602. The van der Waals surface area contributed by atoms with Gasteiger partial charge in [-0.05, 0) is 6.92 Å². The van der Waals surface area contributed by atoms with Crippen LogP contribution < -0.4 is 11.1 Å². The number of aromatic nitrogens is 2. The van der Waals surface area contributed by atoms with Crippen molar-refractivity contribution in [2.45, 2.75) is 17.3 Å². The van der Waals surface area contributed by atoms with Crippen molar-refractivity contribution in [2.24, 2.45) is 5.73 Å². The maximum atomic E-state index is 11.9. The number of nitrogens with two attached hydrogens (primary N) is 1. The number of imidazole rings is 1. The molecule has 7 heteroatoms. The van der Waals surface area contributed by atoms with E-state index in [0.29, 0.717) is 5.16 Å². The first-order chi connectivity index (χ1) is 12.5. The van der Waals surface area contributed by atoms with E-state index in [-0.39, 0.29) is 0 Å². The molecule has 0 saturated carbocycles. The number of primary amides is 1. The average Bonchev–Trinajstić information content (AvgIpc) is 3.06. The molecule has 3 rings (SSSR count). The number of thioether (sulfide) groups is 1. The molecule has 0 radical (unpaired) electrons. The number of carbonyl (C=O) groups excluding carboxylic acids is 2. The number of urea groups is 1. The molecule has 0 unspecified atom stereocenters. The highest BCUT2D eigenvalue weighted by molar-refractivity contribution is 8.00. The van der Waals surface area contributed by atoms with E-state index in [9.17, 15) is 9.59 Å². The van der Waals surface area contributed by atoms with Gasteiger partial charge < -0.3 is 10.7 Å². The van der Waals surface area contributed by atoms with Crippen molar-refractivity contribution in [1.29, 1.82) is 0 Å². The van der Waals surface area contributed by atoms with Gasteiger partial charge in [-0.15, -0.1) is 0 Å². The predicted octanol–water partition coefficient (Wildman–Crippen LogP) is 3.42. The molecular formula is C19H18N4O2S. The molecule has 0 fully saturated rings. The average molecular weight is 366 g/mol. The Kier molecular flexibility index (Phi) is 5.38. The van der Waals surface area contributed by atoms with Crippen LogP contribution in [0.4, 0.5) is 4.79 Å². The number of nitrogens with one attached hydrogen (secondary N) is 2. The van der Waals surface area contributed by atoms with Gasteiger partial charge in [-0.3, -0.25) is 10.1 Å². The van der Waals surface area contributed by atoms with Crippen LogP contribution in [0.3, 0.4) is 0 Å². The van der Waals surface area contributed by atoms with E-state index >= 15 is 0 Å². The van der Waals surface area contributed by atoms with E-state index in [2.05, 4.69) is 15.3 Å². The molecule has 0 aliphatic heterocycles. The third kappa shape index (κ3) is 4.12. The van der Waals surface area contributed by atoms with Crippen molar-refractivity contribution >= 4 is 23.7 Å². The maximum Gasteiger partial charge on any atom is 0.318 e. The fourth-order valence-corrected chi connectivity index (χ4v) is 3.28. The Balaban J connectivity index is 1.94. The van der Waals surface area contributed by atoms with Crippen molar-refractivity contribution in [2.75, 3.05) is 0 Å². The lowest BCUT2D eigenvalue weighted by Gasteiger charge is -2.07. The number of imide groups is 1. The Bertz CT molecular complexity index is 853. The zero-order valence-corrected chi connectivity index (χ0v) is 14.9. The molecule has 3 amide bonds. The molecule has 0 bridgehead atoms. The summed E-state index contributed by atoms with van der Waals surface area (Å²) in [6, 6.07) is 18.8. The van der Waals surface area contributed by atoms with Crippen LogP contribution >= 0.6 is 11.8 Å². The van der Waals surface area contributed by atoms with Crippen LogP contribution in [-0.2, 0) is 4.79 Å². The van der Waals surface area contributed by atoms with E-state index < -0.39 is 17.2 Å². The standard InChI is InChI=1S/C19H18N4O2S/c1-12(17(24)23-18(20)25)26-19-21-15(13-8-4-2-5-9-13)16(22-19)14-10-6-3-7-11-14/h2-12H,1H3,(H,21,22)(H3,20,23,24,25)/t12-/m1/s1. The van der Waals surface area contributed by atoms with Gasteiger partial charge in [0.2, 0.25) is 5.91 Å². The number of nitrogens with zero attached hydrogens (tertiary/aromatic N) is 1. The van der Waals surface area contributed by atoms with Crippen LogP contribution in [0.5, 0.6) is 0 Å². The molecule has 6 nitrogen and oxygen atoms in total. The predicted molar refractivity (Wildman–Crippen MR) is 103 cm³/mol. The Morgan fingerprint density at radius 1 is 1.04 bits per heavy atom. The van der Waals surface area contributed by atoms with Gasteiger partial charge in [0.1, 0.15) is 0 Å². The zero-order valence-electron chi connectivity index (χ0n) is 14.1. The second kappa shape index (κ2) is 7.88. The van der Waals surface area contributed by atoms with Gasteiger partial charge in [0.15, 0.2) is 5.16 Å². The molecule has 0 aliphatic rings. The minimum atomic E-state index is -0.864. The SMILES string of the molecule is C[C@@H](Sc1nc(-c2ccccc2)c(-c2ccccc2)[nH]1)C(=O)NC(N)=O. The fourth-order valence-electron chi connectivity index (χ4n) is 2.47. The van der Waals surface area contributed by atoms with E-state index in [0.717, 1.165) is 22.5 Å². The molecule has 26 heavy (non-hydrogen) atoms. The van der Waals surface area contributed by atoms with E-state index in [1.165, 1.54) is 11.8 Å². The molecule has 4 N–H and O–H groups in total. The van der Waals surface area contributed by atoms with Gasteiger partial charge in [0, 0.05) is 11.1 Å². The molecule has 3 aromatic rings. The van der Waals surface area contributed by atoms with Crippen molar-refractivity contribution in [1.82, 2.24) is 15.3 Å². The number of amides is 3. The second-order valence-electron chi connectivity index (χ2n) is 5.61. The number of rotatable bonds is 5. The topological polar surface area (TPSA) is 101 Å². The van der Waals surface area contributed by atoms with Crippen LogP contribution in [0.15, 0.2) is 65.8 Å². The van der Waals surface area contributed by atoms with E-state index in [4.69, 9.17) is 5.73 Å². The maximum absolute atomic E-state index is 11.9. The van der Waals surface area contributed by atoms with Crippen LogP contribution in [-0.4, -0.2) is 27.2 Å². The number of benzene rings is 2. The Labute approximate surface area is 155 Å². The largest absolute Gasteiger partial charge is 0.351 e. The van der Waals surface area contributed by atoms with Gasteiger partial charge in [-0.2, -0.15) is 0 Å². The number of H-pyrrole nitrogens is 1. The minimum Gasteiger partial charge on any atom is -0.351 e. The number of aromatic amines is 1.